The van der Waals surface area contributed by atoms with Crippen molar-refractivity contribution in [1.82, 2.24) is 19.7 Å². The third-order valence-corrected chi connectivity index (χ3v) is 6.83. The van der Waals surface area contributed by atoms with E-state index in [1.54, 1.807) is 18.3 Å². The minimum Gasteiger partial charge on any atom is -0.490 e. The number of aromatic nitrogens is 4. The summed E-state index contributed by atoms with van der Waals surface area (Å²) in [7, 11) is 0. The van der Waals surface area contributed by atoms with Crippen LogP contribution in [-0.2, 0) is 0 Å². The summed E-state index contributed by atoms with van der Waals surface area (Å²) in [5.41, 5.74) is 5.67. The Morgan fingerprint density at radius 3 is 2.17 bits per heavy atom. The maximum atomic E-state index is 12.1. The third kappa shape index (κ3) is 5.39. The fraction of sp³-hybridized carbons (Fsp3) is 0.312. The van der Waals surface area contributed by atoms with E-state index in [0.29, 0.717) is 22.8 Å². The van der Waals surface area contributed by atoms with Gasteiger partial charge in [-0.25, -0.2) is 9.78 Å². The molecule has 9 heteroatoms. The highest BCUT2D eigenvalue weighted by Gasteiger charge is 2.26. The van der Waals surface area contributed by atoms with Crippen molar-refractivity contribution in [3.63, 3.8) is 0 Å². The van der Waals surface area contributed by atoms with Gasteiger partial charge in [-0.1, -0.05) is 11.2 Å². The Kier molecular flexibility index (Phi) is 7.53. The molecule has 212 valence electrons. The predicted molar refractivity (Wildman–Crippen MR) is 157 cm³/mol. The lowest BCUT2D eigenvalue weighted by atomic mass is 9.98. The molecule has 0 saturated heterocycles. The summed E-state index contributed by atoms with van der Waals surface area (Å²) in [4.78, 5) is 21.6. The number of aromatic carboxylic acids is 1. The van der Waals surface area contributed by atoms with E-state index >= 15 is 0 Å². The van der Waals surface area contributed by atoms with Crippen LogP contribution in [0.4, 0.5) is 0 Å². The molecule has 5 rings (SSSR count). The average Bonchev–Trinajstić information content (AvgIpc) is 3.46. The number of carbonyl (C=O) groups is 1. The molecule has 41 heavy (non-hydrogen) atoms. The number of benzene rings is 1. The molecule has 4 heterocycles. The predicted octanol–water partition coefficient (Wildman–Crippen LogP) is 7.25. The van der Waals surface area contributed by atoms with Crippen molar-refractivity contribution in [2.24, 2.45) is 0 Å². The van der Waals surface area contributed by atoms with Crippen molar-refractivity contribution in [2.75, 3.05) is 0 Å². The lowest BCUT2D eigenvalue weighted by Gasteiger charge is -2.20. The number of pyridine rings is 2. The highest BCUT2D eigenvalue weighted by atomic mass is 16.5. The second-order valence-electron chi connectivity index (χ2n) is 10.7. The summed E-state index contributed by atoms with van der Waals surface area (Å²) in [6.07, 6.45) is 5.20. The first-order chi connectivity index (χ1) is 19.5. The highest BCUT2D eigenvalue weighted by molar-refractivity contribution is 6.01. The van der Waals surface area contributed by atoms with Gasteiger partial charge < -0.3 is 23.7 Å². The SMILES string of the molecule is Cc1noc(C)c1-c1cnc2c(c1)c(-c1c(OC(C)C)cc(C(=O)O)cc1OC(C)C)cn2[C@@H](C)c1ccccn1. The number of fused-ring (bicyclic) bond motifs is 1. The van der Waals surface area contributed by atoms with E-state index in [9.17, 15) is 9.90 Å². The molecule has 0 aliphatic heterocycles. The van der Waals surface area contributed by atoms with E-state index in [0.717, 1.165) is 39.1 Å². The van der Waals surface area contributed by atoms with Crippen LogP contribution >= 0.6 is 0 Å². The quantitative estimate of drug-likeness (QED) is 0.203. The Bertz CT molecular complexity index is 1670. The molecule has 1 aromatic carbocycles. The summed E-state index contributed by atoms with van der Waals surface area (Å²) >= 11 is 0. The molecule has 5 aromatic rings. The van der Waals surface area contributed by atoms with Crippen LogP contribution in [0.3, 0.4) is 0 Å². The van der Waals surface area contributed by atoms with Gasteiger partial charge in [-0.2, -0.15) is 0 Å². The van der Waals surface area contributed by atoms with Crippen molar-refractivity contribution in [1.29, 1.82) is 0 Å². The molecule has 0 spiro atoms. The van der Waals surface area contributed by atoms with Crippen LogP contribution in [0.2, 0.25) is 0 Å². The Balaban J connectivity index is 1.86. The fourth-order valence-corrected chi connectivity index (χ4v) is 5.10. The van der Waals surface area contributed by atoms with Gasteiger partial charge in [0, 0.05) is 40.7 Å². The lowest BCUT2D eigenvalue weighted by molar-refractivity contribution is 0.0695. The number of carboxylic acid groups (broad SMARTS) is 1. The monoisotopic (exact) mass is 554 g/mol. The number of nitrogens with zero attached hydrogens (tertiary/aromatic N) is 4. The van der Waals surface area contributed by atoms with Crippen molar-refractivity contribution in [3.05, 3.63) is 77.7 Å². The minimum atomic E-state index is -1.06. The fourth-order valence-electron chi connectivity index (χ4n) is 5.10. The Hall–Kier alpha value is -4.66. The van der Waals surface area contributed by atoms with Gasteiger partial charge >= 0.3 is 5.97 Å². The molecule has 0 bridgehead atoms. The lowest BCUT2D eigenvalue weighted by Crippen LogP contribution is -2.12. The number of hydrogen-bond acceptors (Lipinski definition) is 7. The number of aryl methyl sites for hydroxylation is 2. The molecule has 9 nitrogen and oxygen atoms in total. The molecule has 1 N–H and O–H groups in total. The molecule has 0 radical (unpaired) electrons. The number of ether oxygens (including phenoxy) is 2. The number of rotatable bonds is 9. The van der Waals surface area contributed by atoms with Gasteiger partial charge in [0.25, 0.3) is 0 Å². The molecule has 0 fully saturated rings. The van der Waals surface area contributed by atoms with Crippen LogP contribution in [-0.4, -0.2) is 43.0 Å². The Morgan fingerprint density at radius 2 is 1.63 bits per heavy atom. The van der Waals surface area contributed by atoms with Gasteiger partial charge in [-0.05, 0) is 78.8 Å². The molecular formula is C32H34N4O5. The maximum Gasteiger partial charge on any atom is 0.335 e. The van der Waals surface area contributed by atoms with Crippen LogP contribution in [0.5, 0.6) is 11.5 Å². The summed E-state index contributed by atoms with van der Waals surface area (Å²) in [6.45, 7) is 13.5. The largest absolute Gasteiger partial charge is 0.490 e. The number of carboxylic acids is 1. The summed E-state index contributed by atoms with van der Waals surface area (Å²) in [6, 6.07) is 10.9. The standard InChI is InChI=1S/C32H34N4O5/c1-17(2)39-27-13-22(32(37)38)14-28(40-18(3)4)30(27)25-16-36(20(6)26-10-8-9-11-33-26)31-24(25)12-23(15-34-31)29-19(5)35-41-21(29)7/h8-18,20H,1-7H3,(H,37,38)/t20-/m0/s1. The van der Waals surface area contributed by atoms with Crippen LogP contribution in [0.1, 0.15) is 68.2 Å². The van der Waals surface area contributed by atoms with E-state index < -0.39 is 5.97 Å². The van der Waals surface area contributed by atoms with E-state index in [1.165, 1.54) is 0 Å². The summed E-state index contributed by atoms with van der Waals surface area (Å²) in [5.74, 6) is 0.475. The first kappa shape index (κ1) is 27.9. The van der Waals surface area contributed by atoms with Crippen LogP contribution in [0.15, 0.2) is 59.5 Å². The van der Waals surface area contributed by atoms with Crippen LogP contribution in [0.25, 0.3) is 33.3 Å². The second-order valence-corrected chi connectivity index (χ2v) is 10.7. The molecule has 1 atom stereocenters. The minimum absolute atomic E-state index is 0.0835. The average molecular weight is 555 g/mol. The zero-order valence-corrected chi connectivity index (χ0v) is 24.3. The van der Waals surface area contributed by atoms with Gasteiger partial charge in [0.05, 0.1) is 40.8 Å². The van der Waals surface area contributed by atoms with Gasteiger partial charge in [-0.15, -0.1) is 0 Å². The van der Waals surface area contributed by atoms with E-state index in [-0.39, 0.29) is 23.8 Å². The summed E-state index contributed by atoms with van der Waals surface area (Å²) in [5, 5.41) is 14.9. The molecule has 0 aliphatic rings. The Labute approximate surface area is 238 Å². The normalized spacial score (nSPS) is 12.3. The van der Waals surface area contributed by atoms with Crippen molar-refractivity contribution >= 4 is 17.0 Å². The molecule has 0 amide bonds. The van der Waals surface area contributed by atoms with Gasteiger partial charge in [0.15, 0.2) is 0 Å². The molecule has 0 saturated carbocycles. The first-order valence-corrected chi connectivity index (χ1v) is 13.6. The number of hydrogen-bond donors (Lipinski definition) is 1. The van der Waals surface area contributed by atoms with E-state index in [4.69, 9.17) is 19.0 Å². The highest BCUT2D eigenvalue weighted by Crippen LogP contribution is 2.46. The second kappa shape index (κ2) is 11.1. The van der Waals surface area contributed by atoms with Crippen LogP contribution in [0, 0.1) is 13.8 Å². The summed E-state index contributed by atoms with van der Waals surface area (Å²) < 4.78 is 20.0. The maximum absolute atomic E-state index is 12.1. The van der Waals surface area contributed by atoms with E-state index in [1.807, 2.05) is 72.1 Å². The van der Waals surface area contributed by atoms with Gasteiger partial charge in [0.2, 0.25) is 0 Å². The Morgan fingerprint density at radius 1 is 0.951 bits per heavy atom. The van der Waals surface area contributed by atoms with Crippen molar-refractivity contribution in [3.8, 4) is 33.8 Å². The molecule has 0 unspecified atom stereocenters. The molecule has 4 aromatic heterocycles. The molecular weight excluding hydrogens is 520 g/mol. The van der Waals surface area contributed by atoms with E-state index in [2.05, 4.69) is 27.7 Å². The topological polar surface area (TPSA) is 113 Å². The van der Waals surface area contributed by atoms with Crippen LogP contribution < -0.4 is 9.47 Å². The smallest absolute Gasteiger partial charge is 0.335 e. The zero-order valence-electron chi connectivity index (χ0n) is 24.3. The zero-order chi connectivity index (χ0) is 29.4. The van der Waals surface area contributed by atoms with Gasteiger partial charge in [0.1, 0.15) is 22.9 Å². The first-order valence-electron chi connectivity index (χ1n) is 13.6. The van der Waals surface area contributed by atoms with Crippen molar-refractivity contribution < 1.29 is 23.9 Å². The van der Waals surface area contributed by atoms with Gasteiger partial charge in [-0.3, -0.25) is 4.98 Å². The molecule has 0 aliphatic carbocycles. The van der Waals surface area contributed by atoms with Crippen molar-refractivity contribution in [2.45, 2.75) is 66.7 Å². The third-order valence-electron chi connectivity index (χ3n) is 6.83.